The number of aromatic nitrogens is 1. The fraction of sp³-hybridized carbons (Fsp3) is 0.375. The molecule has 0 atom stereocenters. The van der Waals surface area contributed by atoms with Gasteiger partial charge in [-0.05, 0) is 41.3 Å². The maximum Gasteiger partial charge on any atom is 0.251 e. The Morgan fingerprint density at radius 1 is 1.09 bits per heavy atom. The molecule has 1 fully saturated rings. The number of hydrogen-bond acceptors (Lipinski definition) is 6. The van der Waals surface area contributed by atoms with Gasteiger partial charge in [0, 0.05) is 24.3 Å². The van der Waals surface area contributed by atoms with E-state index in [-0.39, 0.29) is 23.8 Å². The average Bonchev–Trinajstić information content (AvgIpc) is 3.21. The van der Waals surface area contributed by atoms with Crippen molar-refractivity contribution >= 4 is 44.2 Å². The Balaban J connectivity index is 1.33. The zero-order chi connectivity index (χ0) is 22.7. The molecule has 4 rings (SSSR count). The summed E-state index contributed by atoms with van der Waals surface area (Å²) in [6, 6.07) is 13.1. The molecule has 0 bridgehead atoms. The van der Waals surface area contributed by atoms with Crippen LogP contribution in [0.2, 0.25) is 0 Å². The molecule has 0 spiro atoms. The Bertz CT molecular complexity index is 1110. The summed E-state index contributed by atoms with van der Waals surface area (Å²) in [5.74, 6) is -0.546. The summed E-state index contributed by atoms with van der Waals surface area (Å²) in [6.07, 6.45) is 0. The van der Waals surface area contributed by atoms with Gasteiger partial charge in [0.15, 0.2) is 5.13 Å². The molecule has 168 valence electrons. The van der Waals surface area contributed by atoms with Crippen LogP contribution in [0, 0.1) is 0 Å². The van der Waals surface area contributed by atoms with E-state index < -0.39 is 0 Å². The van der Waals surface area contributed by atoms with Gasteiger partial charge in [-0.1, -0.05) is 44.2 Å². The molecule has 0 radical (unpaired) electrons. The highest BCUT2D eigenvalue weighted by molar-refractivity contribution is 7.22. The van der Waals surface area contributed by atoms with Crippen LogP contribution >= 0.6 is 11.3 Å². The number of nitrogens with zero attached hydrogens (tertiary/aromatic N) is 2. The largest absolute Gasteiger partial charge is 0.378 e. The van der Waals surface area contributed by atoms with Crippen molar-refractivity contribution in [2.45, 2.75) is 26.2 Å². The van der Waals surface area contributed by atoms with Crippen LogP contribution in [-0.4, -0.2) is 49.6 Å². The van der Waals surface area contributed by atoms with Crippen molar-refractivity contribution in [3.63, 3.8) is 0 Å². The Hall–Kier alpha value is -2.97. The van der Waals surface area contributed by atoms with E-state index in [1.807, 2.05) is 30.3 Å². The van der Waals surface area contributed by atoms with E-state index in [2.05, 4.69) is 36.3 Å². The molecule has 2 amide bonds. The number of thiazole rings is 1. The van der Waals surface area contributed by atoms with Crippen LogP contribution in [0.1, 0.15) is 36.7 Å². The van der Waals surface area contributed by atoms with Crippen molar-refractivity contribution in [1.82, 2.24) is 10.3 Å². The molecule has 2 heterocycles. The summed E-state index contributed by atoms with van der Waals surface area (Å²) in [6.45, 7) is 9.37. The third-order valence-electron chi connectivity index (χ3n) is 5.37. The third-order valence-corrected chi connectivity index (χ3v) is 6.44. The standard InChI is InChI=1S/C24H28N4O3S/c1-24(2,3)17-6-4-16(5-7-17)22(30)25-15-21(29)26-18-8-9-19-20(14-18)32-23(27-19)28-10-12-31-13-11-28/h4-9,14H,10-13,15H2,1-3H3,(H,25,30)(H,26,29). The summed E-state index contributed by atoms with van der Waals surface area (Å²) < 4.78 is 6.41. The number of rotatable bonds is 5. The van der Waals surface area contributed by atoms with Gasteiger partial charge in [-0.2, -0.15) is 0 Å². The van der Waals surface area contributed by atoms with Crippen LogP contribution < -0.4 is 15.5 Å². The number of fused-ring (bicyclic) bond motifs is 1. The van der Waals surface area contributed by atoms with Crippen molar-refractivity contribution in [3.8, 4) is 0 Å². The van der Waals surface area contributed by atoms with Crippen molar-refractivity contribution in [2.75, 3.05) is 43.1 Å². The maximum absolute atomic E-state index is 12.4. The number of hydrogen-bond donors (Lipinski definition) is 2. The number of anilines is 2. The van der Waals surface area contributed by atoms with Gasteiger partial charge in [0.2, 0.25) is 5.91 Å². The van der Waals surface area contributed by atoms with E-state index in [1.54, 1.807) is 23.5 Å². The van der Waals surface area contributed by atoms with E-state index in [4.69, 9.17) is 9.72 Å². The molecule has 0 aliphatic carbocycles. The lowest BCUT2D eigenvalue weighted by molar-refractivity contribution is -0.115. The van der Waals surface area contributed by atoms with E-state index in [1.165, 1.54) is 0 Å². The lowest BCUT2D eigenvalue weighted by atomic mass is 9.87. The van der Waals surface area contributed by atoms with Crippen molar-refractivity contribution in [2.24, 2.45) is 0 Å². The van der Waals surface area contributed by atoms with Crippen LogP contribution in [0.15, 0.2) is 42.5 Å². The molecule has 2 aromatic carbocycles. The first-order valence-corrected chi connectivity index (χ1v) is 11.5. The van der Waals surface area contributed by atoms with Crippen molar-refractivity contribution in [3.05, 3.63) is 53.6 Å². The van der Waals surface area contributed by atoms with Gasteiger partial charge in [0.05, 0.1) is 30.0 Å². The summed E-state index contributed by atoms with van der Waals surface area (Å²) in [5.41, 5.74) is 3.30. The number of benzene rings is 2. The Morgan fingerprint density at radius 3 is 2.50 bits per heavy atom. The molecule has 8 heteroatoms. The topological polar surface area (TPSA) is 83.6 Å². The molecule has 1 saturated heterocycles. The monoisotopic (exact) mass is 452 g/mol. The van der Waals surface area contributed by atoms with Gasteiger partial charge in [-0.3, -0.25) is 9.59 Å². The minimum Gasteiger partial charge on any atom is -0.378 e. The lowest BCUT2D eigenvalue weighted by Gasteiger charge is -2.25. The molecule has 0 saturated carbocycles. The summed E-state index contributed by atoms with van der Waals surface area (Å²) in [5, 5.41) is 6.50. The minimum absolute atomic E-state index is 0.0248. The highest BCUT2D eigenvalue weighted by Gasteiger charge is 2.17. The number of ether oxygens (including phenoxy) is 1. The molecule has 1 aliphatic rings. The van der Waals surface area contributed by atoms with Crippen LogP contribution in [0.25, 0.3) is 10.2 Å². The first-order chi connectivity index (χ1) is 15.3. The number of carbonyl (C=O) groups is 2. The molecule has 3 aromatic rings. The van der Waals surface area contributed by atoms with Crippen LogP contribution in [0.4, 0.5) is 10.8 Å². The molecule has 32 heavy (non-hydrogen) atoms. The fourth-order valence-electron chi connectivity index (χ4n) is 3.47. The fourth-order valence-corrected chi connectivity index (χ4v) is 4.53. The predicted molar refractivity (Wildman–Crippen MR) is 129 cm³/mol. The predicted octanol–water partition coefficient (Wildman–Crippen LogP) is 3.80. The van der Waals surface area contributed by atoms with Crippen LogP contribution in [0.5, 0.6) is 0 Å². The SMILES string of the molecule is CC(C)(C)c1ccc(C(=O)NCC(=O)Nc2ccc3nc(N4CCOCC4)sc3c2)cc1. The number of nitrogens with one attached hydrogen (secondary N) is 2. The Labute approximate surface area is 191 Å². The van der Waals surface area contributed by atoms with E-state index >= 15 is 0 Å². The smallest absolute Gasteiger partial charge is 0.251 e. The molecular weight excluding hydrogens is 424 g/mol. The van der Waals surface area contributed by atoms with Gasteiger partial charge in [-0.25, -0.2) is 4.98 Å². The second-order valence-electron chi connectivity index (χ2n) is 8.84. The Kier molecular flexibility index (Phi) is 6.43. The van der Waals surface area contributed by atoms with E-state index in [0.717, 1.165) is 34.0 Å². The molecular formula is C24H28N4O3S. The zero-order valence-corrected chi connectivity index (χ0v) is 19.4. The molecule has 0 unspecified atom stereocenters. The first-order valence-electron chi connectivity index (χ1n) is 10.7. The second kappa shape index (κ2) is 9.26. The first kappa shape index (κ1) is 22.2. The molecule has 1 aliphatic heterocycles. The normalized spacial score (nSPS) is 14.4. The highest BCUT2D eigenvalue weighted by atomic mass is 32.1. The zero-order valence-electron chi connectivity index (χ0n) is 18.6. The summed E-state index contributed by atoms with van der Waals surface area (Å²) >= 11 is 1.60. The molecule has 7 nitrogen and oxygen atoms in total. The van der Waals surface area contributed by atoms with E-state index in [0.29, 0.717) is 24.5 Å². The second-order valence-corrected chi connectivity index (χ2v) is 9.85. The summed E-state index contributed by atoms with van der Waals surface area (Å²) in [4.78, 5) is 31.6. The third kappa shape index (κ3) is 5.26. The van der Waals surface area contributed by atoms with Gasteiger partial charge < -0.3 is 20.3 Å². The Morgan fingerprint density at radius 2 is 1.81 bits per heavy atom. The molecule has 2 N–H and O–H groups in total. The van der Waals surface area contributed by atoms with Crippen molar-refractivity contribution < 1.29 is 14.3 Å². The minimum atomic E-state index is -0.276. The highest BCUT2D eigenvalue weighted by Crippen LogP contribution is 2.31. The van der Waals surface area contributed by atoms with E-state index in [9.17, 15) is 9.59 Å². The van der Waals surface area contributed by atoms with Gasteiger partial charge in [0.25, 0.3) is 5.91 Å². The van der Waals surface area contributed by atoms with Crippen molar-refractivity contribution in [1.29, 1.82) is 0 Å². The van der Waals surface area contributed by atoms with Gasteiger partial charge in [-0.15, -0.1) is 0 Å². The summed E-state index contributed by atoms with van der Waals surface area (Å²) in [7, 11) is 0. The quantitative estimate of drug-likeness (QED) is 0.615. The van der Waals surface area contributed by atoms with Gasteiger partial charge >= 0.3 is 0 Å². The maximum atomic E-state index is 12.4. The van der Waals surface area contributed by atoms with Crippen LogP contribution in [0.3, 0.4) is 0 Å². The average molecular weight is 453 g/mol. The number of carbonyl (C=O) groups excluding carboxylic acids is 2. The number of morpholine rings is 1. The van der Waals surface area contributed by atoms with Crippen LogP contribution in [-0.2, 0) is 14.9 Å². The van der Waals surface area contributed by atoms with Gasteiger partial charge in [0.1, 0.15) is 0 Å². The number of amides is 2. The molecule has 1 aromatic heterocycles. The lowest BCUT2D eigenvalue weighted by Crippen LogP contribution is -2.36.